The van der Waals surface area contributed by atoms with Gasteiger partial charge in [0.15, 0.2) is 0 Å². The number of urea groups is 1. The number of carbonyl (C=O) groups excluding carboxylic acids is 1. The van der Waals surface area contributed by atoms with Gasteiger partial charge in [0.25, 0.3) is 0 Å². The van der Waals surface area contributed by atoms with Gasteiger partial charge in [-0.2, -0.15) is 0 Å². The fourth-order valence-electron chi connectivity index (χ4n) is 1.89. The monoisotopic (exact) mass is 288 g/mol. The van der Waals surface area contributed by atoms with Crippen molar-refractivity contribution in [3.63, 3.8) is 0 Å². The Bertz CT molecular complexity index is 647. The van der Waals surface area contributed by atoms with Crippen LogP contribution in [0.4, 0.5) is 16.2 Å². The number of rotatable bonds is 2. The minimum atomic E-state index is -0.274. The lowest BCUT2D eigenvalue weighted by atomic mass is 10.1. The van der Waals surface area contributed by atoms with Crippen LogP contribution in [-0.2, 0) is 0 Å². The first-order valence-corrected chi connectivity index (χ1v) is 6.75. The van der Waals surface area contributed by atoms with Crippen LogP contribution >= 0.6 is 11.6 Å². The molecule has 0 bridgehead atoms. The molecule has 2 N–H and O–H groups in total. The number of halogens is 1. The second-order valence-electron chi connectivity index (χ2n) is 4.81. The van der Waals surface area contributed by atoms with E-state index >= 15 is 0 Å². The van der Waals surface area contributed by atoms with Crippen molar-refractivity contribution in [1.82, 2.24) is 0 Å². The summed E-state index contributed by atoms with van der Waals surface area (Å²) >= 11 is 6.03. The van der Waals surface area contributed by atoms with E-state index in [1.165, 1.54) is 0 Å². The van der Waals surface area contributed by atoms with Crippen LogP contribution in [0.1, 0.15) is 16.7 Å². The standard InChI is InChI=1S/C16H17ClN2O/c1-10-7-8-11(2)15(9-10)19-16(20)18-14-6-4-5-13(17)12(14)3/h4-9H,1-3H3,(H2,18,19,20). The van der Waals surface area contributed by atoms with Crippen LogP contribution < -0.4 is 10.6 Å². The van der Waals surface area contributed by atoms with Crippen LogP contribution in [0.3, 0.4) is 0 Å². The molecule has 0 spiro atoms. The van der Waals surface area contributed by atoms with Crippen molar-refractivity contribution in [1.29, 1.82) is 0 Å². The van der Waals surface area contributed by atoms with Crippen LogP contribution in [0.2, 0.25) is 5.02 Å². The summed E-state index contributed by atoms with van der Waals surface area (Å²) in [5.41, 5.74) is 4.49. The van der Waals surface area contributed by atoms with Crippen molar-refractivity contribution in [2.24, 2.45) is 0 Å². The van der Waals surface area contributed by atoms with E-state index in [1.807, 2.05) is 51.1 Å². The predicted molar refractivity (Wildman–Crippen MR) is 84.7 cm³/mol. The average molecular weight is 289 g/mol. The zero-order valence-corrected chi connectivity index (χ0v) is 12.5. The largest absolute Gasteiger partial charge is 0.323 e. The molecule has 0 aliphatic carbocycles. The molecule has 104 valence electrons. The number of carbonyl (C=O) groups is 1. The molecule has 0 aliphatic rings. The number of anilines is 2. The molecule has 2 amide bonds. The lowest BCUT2D eigenvalue weighted by molar-refractivity contribution is 0.262. The summed E-state index contributed by atoms with van der Waals surface area (Å²) < 4.78 is 0. The number of aryl methyl sites for hydroxylation is 2. The zero-order valence-electron chi connectivity index (χ0n) is 11.8. The third-order valence-corrected chi connectivity index (χ3v) is 3.57. The van der Waals surface area contributed by atoms with Gasteiger partial charge in [0.2, 0.25) is 0 Å². The fourth-order valence-corrected chi connectivity index (χ4v) is 2.06. The van der Waals surface area contributed by atoms with Crippen molar-refractivity contribution in [3.8, 4) is 0 Å². The number of amides is 2. The van der Waals surface area contributed by atoms with Gasteiger partial charge in [0.1, 0.15) is 0 Å². The van der Waals surface area contributed by atoms with Gasteiger partial charge in [0.05, 0.1) is 0 Å². The van der Waals surface area contributed by atoms with Crippen molar-refractivity contribution in [2.75, 3.05) is 10.6 Å². The Balaban J connectivity index is 2.13. The van der Waals surface area contributed by atoms with E-state index in [9.17, 15) is 4.79 Å². The summed E-state index contributed by atoms with van der Waals surface area (Å²) in [6.07, 6.45) is 0. The summed E-state index contributed by atoms with van der Waals surface area (Å²) in [5.74, 6) is 0. The minimum absolute atomic E-state index is 0.274. The molecule has 0 aliphatic heterocycles. The molecule has 20 heavy (non-hydrogen) atoms. The van der Waals surface area contributed by atoms with E-state index in [0.29, 0.717) is 10.7 Å². The lowest BCUT2D eigenvalue weighted by Crippen LogP contribution is -2.20. The molecule has 2 aromatic rings. The maximum atomic E-state index is 12.0. The normalized spacial score (nSPS) is 10.2. The number of nitrogens with one attached hydrogen (secondary N) is 2. The third-order valence-electron chi connectivity index (χ3n) is 3.16. The first-order chi connectivity index (χ1) is 9.47. The second-order valence-corrected chi connectivity index (χ2v) is 5.22. The van der Waals surface area contributed by atoms with E-state index in [-0.39, 0.29) is 6.03 Å². The molecule has 0 atom stereocenters. The van der Waals surface area contributed by atoms with Crippen molar-refractivity contribution in [3.05, 3.63) is 58.1 Å². The minimum Gasteiger partial charge on any atom is -0.307 e. The van der Waals surface area contributed by atoms with Crippen molar-refractivity contribution in [2.45, 2.75) is 20.8 Å². The molecule has 0 unspecified atom stereocenters. The lowest BCUT2D eigenvalue weighted by Gasteiger charge is -2.12. The zero-order chi connectivity index (χ0) is 14.7. The number of benzene rings is 2. The molecule has 0 saturated heterocycles. The predicted octanol–water partition coefficient (Wildman–Crippen LogP) is 4.91. The Hall–Kier alpha value is -2.00. The van der Waals surface area contributed by atoms with Gasteiger partial charge in [-0.15, -0.1) is 0 Å². The van der Waals surface area contributed by atoms with Gasteiger partial charge in [-0.05, 0) is 55.7 Å². The molecule has 2 rings (SSSR count). The maximum Gasteiger partial charge on any atom is 0.323 e. The molecule has 0 radical (unpaired) electrons. The van der Waals surface area contributed by atoms with Crippen LogP contribution in [-0.4, -0.2) is 6.03 Å². The van der Waals surface area contributed by atoms with Crippen molar-refractivity contribution < 1.29 is 4.79 Å². The van der Waals surface area contributed by atoms with E-state index < -0.39 is 0 Å². The Labute approximate surface area is 124 Å². The summed E-state index contributed by atoms with van der Waals surface area (Å²) in [5, 5.41) is 6.30. The first kappa shape index (κ1) is 14.4. The molecular weight excluding hydrogens is 272 g/mol. The molecule has 0 aromatic heterocycles. The quantitative estimate of drug-likeness (QED) is 0.810. The van der Waals surface area contributed by atoms with Gasteiger partial charge < -0.3 is 10.6 Å². The van der Waals surface area contributed by atoms with E-state index in [1.54, 1.807) is 6.07 Å². The SMILES string of the molecule is Cc1ccc(C)c(NC(=O)Nc2cccc(Cl)c2C)c1. The first-order valence-electron chi connectivity index (χ1n) is 6.38. The van der Waals surface area contributed by atoms with Crippen LogP contribution in [0.5, 0.6) is 0 Å². The summed E-state index contributed by atoms with van der Waals surface area (Å²) in [6.45, 7) is 5.82. The van der Waals surface area contributed by atoms with Crippen molar-refractivity contribution >= 4 is 29.0 Å². The fraction of sp³-hybridized carbons (Fsp3) is 0.188. The third kappa shape index (κ3) is 3.31. The van der Waals surface area contributed by atoms with Gasteiger partial charge >= 0.3 is 6.03 Å². The summed E-state index contributed by atoms with van der Waals surface area (Å²) in [6, 6.07) is 11.1. The molecule has 0 saturated carbocycles. The van der Waals surface area contributed by atoms with Crippen LogP contribution in [0.15, 0.2) is 36.4 Å². The highest BCUT2D eigenvalue weighted by molar-refractivity contribution is 6.31. The van der Waals surface area contributed by atoms with Crippen LogP contribution in [0.25, 0.3) is 0 Å². The number of hydrogen-bond donors (Lipinski definition) is 2. The second kappa shape index (κ2) is 5.97. The van der Waals surface area contributed by atoms with Gasteiger partial charge in [-0.25, -0.2) is 4.79 Å². The highest BCUT2D eigenvalue weighted by Gasteiger charge is 2.08. The van der Waals surface area contributed by atoms with E-state index in [0.717, 1.165) is 22.4 Å². The summed E-state index contributed by atoms with van der Waals surface area (Å²) in [7, 11) is 0. The molecule has 0 fully saturated rings. The van der Waals surface area contributed by atoms with Gasteiger partial charge in [-0.3, -0.25) is 0 Å². The molecule has 3 nitrogen and oxygen atoms in total. The highest BCUT2D eigenvalue weighted by atomic mass is 35.5. The summed E-state index contributed by atoms with van der Waals surface area (Å²) in [4.78, 5) is 12.0. The Morgan fingerprint density at radius 3 is 2.45 bits per heavy atom. The van der Waals surface area contributed by atoms with E-state index in [2.05, 4.69) is 10.6 Å². The smallest absolute Gasteiger partial charge is 0.307 e. The number of hydrogen-bond acceptors (Lipinski definition) is 1. The topological polar surface area (TPSA) is 41.1 Å². The average Bonchev–Trinajstić information content (AvgIpc) is 2.39. The Kier molecular flexibility index (Phi) is 4.30. The van der Waals surface area contributed by atoms with Crippen LogP contribution in [0, 0.1) is 20.8 Å². The molecular formula is C16H17ClN2O. The molecule has 2 aromatic carbocycles. The molecule has 0 heterocycles. The maximum absolute atomic E-state index is 12.0. The highest BCUT2D eigenvalue weighted by Crippen LogP contribution is 2.23. The van der Waals surface area contributed by atoms with Gasteiger partial charge in [-0.1, -0.05) is 29.8 Å². The van der Waals surface area contributed by atoms with Gasteiger partial charge in [0, 0.05) is 16.4 Å². The Morgan fingerprint density at radius 1 is 1.00 bits per heavy atom. The van der Waals surface area contributed by atoms with E-state index in [4.69, 9.17) is 11.6 Å². The molecule has 4 heteroatoms. The Morgan fingerprint density at radius 2 is 1.70 bits per heavy atom.